The molecule has 10 aromatic rings. The molecule has 0 N–H and O–H groups in total. The number of furan rings is 1. The molecule has 0 fully saturated rings. The summed E-state index contributed by atoms with van der Waals surface area (Å²) < 4.78 is 8.70. The average Bonchev–Trinajstić information content (AvgIpc) is 3.74. The first-order chi connectivity index (χ1) is 23.8. The molecule has 0 saturated heterocycles. The van der Waals surface area contributed by atoms with Gasteiger partial charge in [0.15, 0.2) is 5.82 Å². The van der Waals surface area contributed by atoms with E-state index in [0.717, 1.165) is 66.8 Å². The van der Waals surface area contributed by atoms with Crippen LogP contribution in [-0.4, -0.2) is 15.0 Å². The number of nitrogens with zero attached hydrogens (tertiary/aromatic N) is 3. The predicted molar refractivity (Wildman–Crippen MR) is 199 cm³/mol. The van der Waals surface area contributed by atoms with E-state index in [1.165, 1.54) is 25.6 Å². The number of hydrogen-bond donors (Lipinski definition) is 0. The van der Waals surface area contributed by atoms with Gasteiger partial charge in [0.25, 0.3) is 0 Å². The maximum Gasteiger partial charge on any atom is 0.160 e. The van der Waals surface area contributed by atoms with Crippen molar-refractivity contribution in [2.75, 3.05) is 0 Å². The van der Waals surface area contributed by atoms with Gasteiger partial charge in [0.1, 0.15) is 11.2 Å². The highest BCUT2D eigenvalue weighted by molar-refractivity contribution is 7.26. The van der Waals surface area contributed by atoms with E-state index in [1.54, 1.807) is 11.3 Å². The van der Waals surface area contributed by atoms with Crippen LogP contribution in [0.1, 0.15) is 0 Å². The van der Waals surface area contributed by atoms with Crippen molar-refractivity contribution in [1.82, 2.24) is 15.0 Å². The molecule has 0 aliphatic heterocycles. The molecule has 6 aromatic carbocycles. The highest BCUT2D eigenvalue weighted by Crippen LogP contribution is 2.43. The summed E-state index contributed by atoms with van der Waals surface area (Å²) in [6.07, 6.45) is 0. The maximum absolute atomic E-state index is 6.23. The van der Waals surface area contributed by atoms with E-state index < -0.39 is 0 Å². The van der Waals surface area contributed by atoms with E-state index in [9.17, 15) is 0 Å². The Balaban J connectivity index is 1.15. The third kappa shape index (κ3) is 4.25. The van der Waals surface area contributed by atoms with Crippen molar-refractivity contribution in [2.45, 2.75) is 0 Å². The molecule has 0 aliphatic carbocycles. The fourth-order valence-electron chi connectivity index (χ4n) is 6.87. The van der Waals surface area contributed by atoms with Crippen LogP contribution in [-0.2, 0) is 0 Å². The molecule has 4 heterocycles. The lowest BCUT2D eigenvalue weighted by molar-refractivity contribution is 0.669. The normalized spacial score (nSPS) is 11.8. The molecule has 4 aromatic heterocycles. The molecule has 0 amide bonds. The van der Waals surface area contributed by atoms with Gasteiger partial charge in [0.05, 0.1) is 27.3 Å². The van der Waals surface area contributed by atoms with Crippen LogP contribution in [0.4, 0.5) is 0 Å². The Labute approximate surface area is 279 Å². The summed E-state index contributed by atoms with van der Waals surface area (Å²) in [5.74, 6) is 0.668. The fourth-order valence-corrected chi connectivity index (χ4v) is 8.09. The molecule has 0 atom stereocenters. The number of pyridine rings is 1. The van der Waals surface area contributed by atoms with E-state index >= 15 is 0 Å². The summed E-state index contributed by atoms with van der Waals surface area (Å²) in [7, 11) is 0. The molecule has 48 heavy (non-hydrogen) atoms. The summed E-state index contributed by atoms with van der Waals surface area (Å²) in [6, 6.07) is 52.3. The Kier molecular flexibility index (Phi) is 6.01. The first-order valence-electron chi connectivity index (χ1n) is 15.9. The molecule has 0 unspecified atom stereocenters. The number of thiophene rings is 1. The quantitative estimate of drug-likeness (QED) is 0.194. The number of rotatable bonds is 4. The van der Waals surface area contributed by atoms with Crippen LogP contribution in [0.3, 0.4) is 0 Å². The zero-order valence-corrected chi connectivity index (χ0v) is 26.4. The summed E-state index contributed by atoms with van der Waals surface area (Å²) in [4.78, 5) is 15.5. The minimum absolute atomic E-state index is 0.668. The zero-order valence-electron chi connectivity index (χ0n) is 25.6. The van der Waals surface area contributed by atoms with Crippen LogP contribution in [0.2, 0.25) is 0 Å². The smallest absolute Gasteiger partial charge is 0.160 e. The van der Waals surface area contributed by atoms with Crippen molar-refractivity contribution in [1.29, 1.82) is 0 Å². The molecule has 4 nitrogen and oxygen atoms in total. The second-order valence-corrected chi connectivity index (χ2v) is 13.0. The lowest BCUT2D eigenvalue weighted by Gasteiger charge is -2.11. The third-order valence-electron chi connectivity index (χ3n) is 9.11. The van der Waals surface area contributed by atoms with Gasteiger partial charge in [-0.15, -0.1) is 11.3 Å². The molecule has 5 heteroatoms. The molecule has 0 spiro atoms. The van der Waals surface area contributed by atoms with Crippen LogP contribution in [0.5, 0.6) is 0 Å². The van der Waals surface area contributed by atoms with E-state index in [4.69, 9.17) is 19.4 Å². The van der Waals surface area contributed by atoms with Gasteiger partial charge in [-0.1, -0.05) is 121 Å². The van der Waals surface area contributed by atoms with Gasteiger partial charge in [-0.25, -0.2) is 15.0 Å². The summed E-state index contributed by atoms with van der Waals surface area (Å²) in [6.45, 7) is 0. The first kappa shape index (κ1) is 27.0. The number of para-hydroxylation sites is 2. The minimum Gasteiger partial charge on any atom is -0.456 e. The SMILES string of the molecule is c1ccc(-c2cc(-c3cccc4oc5ccccc5c34)nc(-c3ccc(-c4nc5ccccc5c5c4sc4ccccc45)cc3)n2)cc1. The van der Waals surface area contributed by atoms with Gasteiger partial charge >= 0.3 is 0 Å². The van der Waals surface area contributed by atoms with Crippen LogP contribution in [0, 0.1) is 0 Å². The van der Waals surface area contributed by atoms with Crippen LogP contribution in [0.15, 0.2) is 156 Å². The Hall–Kier alpha value is -6.17. The van der Waals surface area contributed by atoms with E-state index in [1.807, 2.05) is 48.5 Å². The number of aromatic nitrogens is 3. The highest BCUT2D eigenvalue weighted by atomic mass is 32.1. The van der Waals surface area contributed by atoms with Gasteiger partial charge < -0.3 is 4.42 Å². The highest BCUT2D eigenvalue weighted by Gasteiger charge is 2.18. The van der Waals surface area contributed by atoms with Gasteiger partial charge in [-0.2, -0.15) is 0 Å². The van der Waals surface area contributed by atoms with Crippen LogP contribution < -0.4 is 0 Å². The Morgan fingerprint density at radius 2 is 1.15 bits per heavy atom. The second-order valence-electron chi connectivity index (χ2n) is 12.0. The van der Waals surface area contributed by atoms with Crippen molar-refractivity contribution in [3.05, 3.63) is 152 Å². The Morgan fingerprint density at radius 1 is 0.458 bits per heavy atom. The van der Waals surface area contributed by atoms with Crippen molar-refractivity contribution in [3.63, 3.8) is 0 Å². The predicted octanol–water partition coefficient (Wildman–Crippen LogP) is 12.0. The van der Waals surface area contributed by atoms with Crippen LogP contribution in [0.25, 0.3) is 98.2 Å². The molecule has 0 saturated carbocycles. The average molecular weight is 632 g/mol. The fraction of sp³-hybridized carbons (Fsp3) is 0. The molecule has 10 rings (SSSR count). The van der Waals surface area contributed by atoms with Crippen molar-refractivity contribution >= 4 is 64.4 Å². The summed E-state index contributed by atoms with van der Waals surface area (Å²) in [5, 5.41) is 5.85. The molecular formula is C43H25N3OS. The monoisotopic (exact) mass is 631 g/mol. The van der Waals surface area contributed by atoms with Gasteiger partial charge in [-0.05, 0) is 30.3 Å². The molecule has 0 aliphatic rings. The number of benzene rings is 6. The molecule has 224 valence electrons. The number of hydrogen-bond acceptors (Lipinski definition) is 5. The first-order valence-corrected chi connectivity index (χ1v) is 16.8. The van der Waals surface area contributed by atoms with Crippen molar-refractivity contribution < 1.29 is 4.42 Å². The van der Waals surface area contributed by atoms with Gasteiger partial charge in [0.2, 0.25) is 0 Å². The summed E-state index contributed by atoms with van der Waals surface area (Å²) >= 11 is 1.81. The Morgan fingerprint density at radius 3 is 2.02 bits per heavy atom. The zero-order chi connectivity index (χ0) is 31.6. The lowest BCUT2D eigenvalue weighted by Crippen LogP contribution is -1.96. The van der Waals surface area contributed by atoms with Crippen LogP contribution >= 0.6 is 11.3 Å². The standard InChI is InChI=1S/C43H25N3OS/c1-2-11-26(12-3-1)34-25-35(30-16-10-19-37-39(30)31-14-5-8-18-36(31)47-37)46-43(45-34)28-23-21-27(22-24-28)41-42-40(29-13-4-7-17-33(29)44-41)32-15-6-9-20-38(32)48-42/h1-25H. The van der Waals surface area contributed by atoms with Gasteiger partial charge in [0, 0.05) is 53.9 Å². The maximum atomic E-state index is 6.23. The molecular weight excluding hydrogens is 607 g/mol. The number of fused-ring (bicyclic) bond motifs is 8. The second kappa shape index (κ2) is 10.7. The van der Waals surface area contributed by atoms with Crippen molar-refractivity contribution in [2.24, 2.45) is 0 Å². The molecule has 0 radical (unpaired) electrons. The van der Waals surface area contributed by atoms with E-state index in [-0.39, 0.29) is 0 Å². The third-order valence-corrected chi connectivity index (χ3v) is 10.3. The summed E-state index contributed by atoms with van der Waals surface area (Å²) in [5.41, 5.74) is 9.48. The lowest BCUT2D eigenvalue weighted by atomic mass is 10.0. The van der Waals surface area contributed by atoms with E-state index in [2.05, 4.69) is 103 Å². The van der Waals surface area contributed by atoms with Gasteiger partial charge in [-0.3, -0.25) is 0 Å². The van der Waals surface area contributed by atoms with Crippen molar-refractivity contribution in [3.8, 4) is 45.2 Å². The van der Waals surface area contributed by atoms with E-state index in [0.29, 0.717) is 5.82 Å². The topological polar surface area (TPSA) is 51.8 Å². The molecule has 0 bridgehead atoms. The Bertz CT molecular complexity index is 2830. The largest absolute Gasteiger partial charge is 0.456 e. The minimum atomic E-state index is 0.668.